The van der Waals surface area contributed by atoms with E-state index < -0.39 is 0 Å². The Morgan fingerprint density at radius 3 is 2.35 bits per heavy atom. The Morgan fingerprint density at radius 2 is 1.49 bits per heavy atom. The summed E-state index contributed by atoms with van der Waals surface area (Å²) >= 11 is 0. The molecule has 2 heteroatoms. The molecular weight excluding hydrogens is 689 g/mol. The molecule has 1 spiro atoms. The number of hydrogen-bond donors (Lipinski definition) is 0. The van der Waals surface area contributed by atoms with Crippen LogP contribution < -0.4 is 0 Å². The average molecular weight is 761 g/mol. The van der Waals surface area contributed by atoms with Crippen molar-refractivity contribution in [2.45, 2.75) is 166 Å². The van der Waals surface area contributed by atoms with Crippen molar-refractivity contribution in [1.82, 2.24) is 9.80 Å². The van der Waals surface area contributed by atoms with E-state index in [1.54, 1.807) is 17.0 Å². The molecule has 11 unspecified atom stereocenters. The van der Waals surface area contributed by atoms with Crippen LogP contribution in [0, 0.1) is 52.8 Å². The Labute approximate surface area is 346 Å². The number of hydrogen-bond acceptors (Lipinski definition) is 2. The van der Waals surface area contributed by atoms with E-state index in [2.05, 4.69) is 101 Å². The van der Waals surface area contributed by atoms with Crippen molar-refractivity contribution in [3.8, 4) is 0 Å². The van der Waals surface area contributed by atoms with Gasteiger partial charge in [-0.05, 0) is 199 Å². The second-order valence-corrected chi connectivity index (χ2v) is 20.6. The zero-order valence-corrected chi connectivity index (χ0v) is 35.2. The molecule has 0 radical (unpaired) electrons. The molecule has 0 bridgehead atoms. The second-order valence-electron chi connectivity index (χ2n) is 20.6. The predicted octanol–water partition coefficient (Wildman–Crippen LogP) is 14.0. The van der Waals surface area contributed by atoms with Crippen LogP contribution in [0.3, 0.4) is 0 Å². The number of rotatable bonds is 7. The van der Waals surface area contributed by atoms with E-state index in [1.807, 2.05) is 0 Å². The minimum absolute atomic E-state index is 0.354. The molecule has 0 N–H and O–H groups in total. The van der Waals surface area contributed by atoms with Gasteiger partial charge >= 0.3 is 0 Å². The van der Waals surface area contributed by atoms with Gasteiger partial charge in [0.1, 0.15) is 0 Å². The minimum atomic E-state index is 0.354. The molecule has 11 rings (SSSR count). The van der Waals surface area contributed by atoms with Gasteiger partial charge in [0.2, 0.25) is 0 Å². The molecule has 302 valence electrons. The molecule has 0 heterocycles. The first-order chi connectivity index (χ1) is 28.3. The maximum absolute atomic E-state index is 3.25. The van der Waals surface area contributed by atoms with E-state index in [0.29, 0.717) is 23.2 Å². The van der Waals surface area contributed by atoms with Crippen molar-refractivity contribution in [2.24, 2.45) is 52.8 Å². The van der Waals surface area contributed by atoms with E-state index in [1.165, 1.54) is 146 Å². The Bertz CT molecular complexity index is 1830. The molecule has 4 saturated carbocycles. The molecule has 0 aromatic carbocycles. The fraction of sp³-hybridized carbons (Fsp3) is 0.636. The third kappa shape index (κ3) is 6.34. The van der Waals surface area contributed by atoms with Crippen LogP contribution in [0.2, 0.25) is 0 Å². The molecule has 11 atom stereocenters. The first-order valence-electron chi connectivity index (χ1n) is 24.7. The second kappa shape index (κ2) is 16.0. The number of nitrogens with zero attached hydrogens (tertiary/aromatic N) is 2. The lowest BCUT2D eigenvalue weighted by Crippen LogP contribution is -2.54. The molecule has 0 aliphatic heterocycles. The van der Waals surface area contributed by atoms with E-state index >= 15 is 0 Å². The maximum atomic E-state index is 3.25. The van der Waals surface area contributed by atoms with Crippen LogP contribution in [0.15, 0.2) is 119 Å². The number of allylic oxidation sites excluding steroid dienone is 18. The van der Waals surface area contributed by atoms with Crippen molar-refractivity contribution in [3.05, 3.63) is 119 Å². The Balaban J connectivity index is 1.01. The van der Waals surface area contributed by atoms with Crippen LogP contribution in [0.5, 0.6) is 0 Å². The molecule has 57 heavy (non-hydrogen) atoms. The predicted molar refractivity (Wildman–Crippen MR) is 238 cm³/mol. The van der Waals surface area contributed by atoms with Crippen molar-refractivity contribution in [3.63, 3.8) is 0 Å². The molecule has 0 aromatic heterocycles. The fourth-order valence-electron chi connectivity index (χ4n) is 16.3. The summed E-state index contributed by atoms with van der Waals surface area (Å²) in [5, 5.41) is 0. The monoisotopic (exact) mass is 761 g/mol. The number of fused-ring (bicyclic) bond motifs is 10. The van der Waals surface area contributed by atoms with Gasteiger partial charge in [0.25, 0.3) is 0 Å². The highest BCUT2D eigenvalue weighted by Crippen LogP contribution is 2.76. The largest absolute Gasteiger partial charge is 0.318 e. The lowest BCUT2D eigenvalue weighted by molar-refractivity contribution is -0.0342. The molecule has 0 saturated heterocycles. The van der Waals surface area contributed by atoms with E-state index in [0.717, 1.165) is 60.6 Å². The van der Waals surface area contributed by atoms with Crippen LogP contribution in [0.1, 0.15) is 148 Å². The van der Waals surface area contributed by atoms with Crippen molar-refractivity contribution in [1.29, 1.82) is 0 Å². The van der Waals surface area contributed by atoms with Crippen LogP contribution in [-0.2, 0) is 0 Å². The molecule has 11 aliphatic rings. The molecule has 2 nitrogen and oxygen atoms in total. The lowest BCUT2D eigenvalue weighted by atomic mass is 9.54. The van der Waals surface area contributed by atoms with Gasteiger partial charge in [-0.15, -0.1) is 0 Å². The van der Waals surface area contributed by atoms with Gasteiger partial charge < -0.3 is 4.90 Å². The zero-order chi connectivity index (χ0) is 37.8. The highest BCUT2D eigenvalue weighted by molar-refractivity contribution is 5.47. The highest BCUT2D eigenvalue weighted by atomic mass is 15.2. The third-order valence-electron chi connectivity index (χ3n) is 18.1. The standard InChI is InChI=1S/C55H72N2/c1-5-19-39(20-6-1)40-21-17-28-44(37-40)57(43-26-11-4-12-27-43)53-34-18-33-51-54(53)48-30-14-16-32-50(48)55(51)49-31-15-13-29-46(49)47-36-35-45(38-52(47)55)56(41-22-7-2-8-23-41)42-24-9-3-10-25-42/h2,7,11,14-16,19,21,26-27,30-32,34,37,41-42,45-52,54H,1,3-6,8-10,12-13,17-18,20,22-25,28-29,33,35-36,38H2. The van der Waals surface area contributed by atoms with Crippen LogP contribution in [-0.4, -0.2) is 27.9 Å². The summed E-state index contributed by atoms with van der Waals surface area (Å²) < 4.78 is 0. The summed E-state index contributed by atoms with van der Waals surface area (Å²) in [5.74, 6) is 5.91. The van der Waals surface area contributed by atoms with E-state index in [-0.39, 0.29) is 0 Å². The highest BCUT2D eigenvalue weighted by Gasteiger charge is 2.72. The summed E-state index contributed by atoms with van der Waals surface area (Å²) in [5.41, 5.74) is 8.23. The Kier molecular flexibility index (Phi) is 10.4. The van der Waals surface area contributed by atoms with Crippen LogP contribution >= 0.6 is 0 Å². The first kappa shape index (κ1) is 37.2. The van der Waals surface area contributed by atoms with Gasteiger partial charge in [-0.3, -0.25) is 4.90 Å². The van der Waals surface area contributed by atoms with Gasteiger partial charge in [0.15, 0.2) is 0 Å². The first-order valence-corrected chi connectivity index (χ1v) is 24.7. The summed E-state index contributed by atoms with van der Waals surface area (Å²) in [6.07, 6.45) is 70.1. The summed E-state index contributed by atoms with van der Waals surface area (Å²) in [6.45, 7) is 0. The summed E-state index contributed by atoms with van der Waals surface area (Å²) in [6, 6.07) is 2.36. The van der Waals surface area contributed by atoms with Gasteiger partial charge in [0, 0.05) is 41.1 Å². The smallest absolute Gasteiger partial charge is 0.0412 e. The van der Waals surface area contributed by atoms with Crippen molar-refractivity contribution in [2.75, 3.05) is 0 Å². The fourth-order valence-corrected chi connectivity index (χ4v) is 16.3. The average Bonchev–Trinajstić information content (AvgIpc) is 3.76. The maximum Gasteiger partial charge on any atom is 0.0412 e. The molecule has 11 aliphatic carbocycles. The van der Waals surface area contributed by atoms with E-state index in [9.17, 15) is 0 Å². The normalized spacial score (nSPS) is 41.1. The SMILES string of the molecule is C1=CC2C3C(N(C4=CCCC=C4)C4=CC(C5=CCCCC5)=CCC4)=CCCC3C3(C2C=C1)C1C=CCCC1C1CCC(N(C2CC=CCC2)C2CCCCC2)CC13. The quantitative estimate of drug-likeness (QED) is 0.239. The minimum Gasteiger partial charge on any atom is -0.318 e. The van der Waals surface area contributed by atoms with Crippen molar-refractivity contribution < 1.29 is 0 Å². The van der Waals surface area contributed by atoms with Gasteiger partial charge in [-0.25, -0.2) is 0 Å². The molecule has 0 amide bonds. The Morgan fingerprint density at radius 1 is 0.561 bits per heavy atom. The lowest BCUT2D eigenvalue weighted by Gasteiger charge is -2.53. The van der Waals surface area contributed by atoms with Gasteiger partial charge in [-0.2, -0.15) is 0 Å². The summed E-state index contributed by atoms with van der Waals surface area (Å²) in [7, 11) is 0. The Hall–Kier alpha value is -2.84. The topological polar surface area (TPSA) is 6.48 Å². The van der Waals surface area contributed by atoms with Crippen molar-refractivity contribution >= 4 is 0 Å². The van der Waals surface area contributed by atoms with Crippen LogP contribution in [0.4, 0.5) is 0 Å². The zero-order valence-electron chi connectivity index (χ0n) is 35.2. The molecule has 0 aromatic rings. The van der Waals surface area contributed by atoms with E-state index in [4.69, 9.17) is 0 Å². The summed E-state index contributed by atoms with van der Waals surface area (Å²) in [4.78, 5) is 6.14. The van der Waals surface area contributed by atoms with Gasteiger partial charge in [0.05, 0.1) is 0 Å². The molecule has 4 fully saturated rings. The third-order valence-corrected chi connectivity index (χ3v) is 18.1. The van der Waals surface area contributed by atoms with Crippen LogP contribution in [0.25, 0.3) is 0 Å². The molecular formula is C55H72N2. The van der Waals surface area contributed by atoms with Gasteiger partial charge in [-0.1, -0.05) is 98.3 Å².